The molecule has 0 aliphatic rings. The summed E-state index contributed by atoms with van der Waals surface area (Å²) in [7, 11) is 0. The van der Waals surface area contributed by atoms with Crippen molar-refractivity contribution in [2.45, 2.75) is 0 Å². The van der Waals surface area contributed by atoms with Crippen molar-refractivity contribution >= 4 is 21.9 Å². The highest BCUT2D eigenvalue weighted by Gasteiger charge is 2.16. The number of aromatic nitrogens is 3. The monoisotopic (exact) mass is 636 g/mol. The van der Waals surface area contributed by atoms with E-state index in [-0.39, 0.29) is 23.0 Å². The van der Waals surface area contributed by atoms with Crippen LogP contribution >= 0.6 is 0 Å². The van der Waals surface area contributed by atoms with E-state index in [1.807, 2.05) is 121 Å². The molecular formula is C45H29N3O. The Hall–Kier alpha value is -6.65. The molecule has 0 aliphatic heterocycles. The van der Waals surface area contributed by atoms with Gasteiger partial charge < -0.3 is 4.42 Å². The summed E-state index contributed by atoms with van der Waals surface area (Å²) in [5.74, 6) is 0.300. The Morgan fingerprint density at radius 1 is 0.388 bits per heavy atom. The standard InChI is InChI=1S/C45H29N3O/c1-3-11-30(12-4-1)32-21-25-34(26-22-32)43-46-44(35-27-23-33(24-28-35)31-13-5-2-6-14-31)48-45(47-43)37-16-9-15-36(29-37)38-18-10-20-41-42(38)39-17-7-8-19-40(39)49-41/h1-29H/i1D,3D,4D,11D,12D,21D,22D,25D,26D. The van der Waals surface area contributed by atoms with Gasteiger partial charge in [-0.25, -0.2) is 15.0 Å². The van der Waals surface area contributed by atoms with E-state index in [1.165, 1.54) is 0 Å². The van der Waals surface area contributed by atoms with Crippen molar-refractivity contribution in [1.29, 1.82) is 0 Å². The molecule has 4 nitrogen and oxygen atoms in total. The molecular weight excluding hydrogens is 599 g/mol. The molecule has 0 saturated carbocycles. The van der Waals surface area contributed by atoms with Gasteiger partial charge in [0.25, 0.3) is 0 Å². The van der Waals surface area contributed by atoms with Crippen LogP contribution in [0.25, 0.3) is 89.5 Å². The van der Waals surface area contributed by atoms with Crippen LogP contribution in [0.3, 0.4) is 0 Å². The summed E-state index contributed by atoms with van der Waals surface area (Å²) in [4.78, 5) is 14.4. The maximum Gasteiger partial charge on any atom is 0.164 e. The van der Waals surface area contributed by atoms with Crippen LogP contribution in [0, 0.1) is 0 Å². The Balaban J connectivity index is 1.24. The highest BCUT2D eigenvalue weighted by atomic mass is 16.3. The fraction of sp³-hybridized carbons (Fsp3) is 0. The van der Waals surface area contributed by atoms with Crippen LogP contribution < -0.4 is 0 Å². The Bertz CT molecular complexity index is 3060. The van der Waals surface area contributed by atoms with Gasteiger partial charge in [0, 0.05) is 27.5 Å². The van der Waals surface area contributed by atoms with Gasteiger partial charge in [-0.15, -0.1) is 0 Å². The van der Waals surface area contributed by atoms with Gasteiger partial charge in [-0.05, 0) is 51.6 Å². The van der Waals surface area contributed by atoms with Crippen LogP contribution in [0.5, 0.6) is 0 Å². The lowest BCUT2D eigenvalue weighted by atomic mass is 9.98. The van der Waals surface area contributed by atoms with Gasteiger partial charge in [-0.2, -0.15) is 0 Å². The van der Waals surface area contributed by atoms with Gasteiger partial charge in [0.15, 0.2) is 17.5 Å². The minimum Gasteiger partial charge on any atom is -0.456 e. The quantitative estimate of drug-likeness (QED) is 0.182. The minimum absolute atomic E-state index is 0.134. The van der Waals surface area contributed by atoms with Gasteiger partial charge in [-0.1, -0.05) is 158 Å². The first kappa shape index (κ1) is 20.6. The highest BCUT2D eigenvalue weighted by molar-refractivity contribution is 6.12. The fourth-order valence-corrected chi connectivity index (χ4v) is 5.95. The molecule has 0 bridgehead atoms. The molecule has 230 valence electrons. The number of rotatable bonds is 6. The lowest BCUT2D eigenvalue weighted by Gasteiger charge is -2.11. The molecule has 0 amide bonds. The lowest BCUT2D eigenvalue weighted by molar-refractivity contribution is 0.669. The summed E-state index contributed by atoms with van der Waals surface area (Å²) in [6, 6.07) is 33.3. The normalized spacial score (nSPS) is 13.8. The van der Waals surface area contributed by atoms with Crippen molar-refractivity contribution in [3.05, 3.63) is 176 Å². The van der Waals surface area contributed by atoms with E-state index in [0.717, 1.165) is 44.2 Å². The molecule has 0 radical (unpaired) electrons. The lowest BCUT2D eigenvalue weighted by Crippen LogP contribution is -2.00. The van der Waals surface area contributed by atoms with Gasteiger partial charge >= 0.3 is 0 Å². The molecule has 4 heteroatoms. The summed E-state index contributed by atoms with van der Waals surface area (Å²) in [5.41, 5.74) is 5.41. The first-order valence-corrected chi connectivity index (χ1v) is 15.6. The molecule has 0 unspecified atom stereocenters. The number of hydrogen-bond acceptors (Lipinski definition) is 4. The number of para-hydroxylation sites is 1. The molecule has 9 rings (SSSR count). The molecule has 49 heavy (non-hydrogen) atoms. The molecule has 0 spiro atoms. The summed E-state index contributed by atoms with van der Waals surface area (Å²) in [5, 5.41) is 1.92. The third-order valence-corrected chi connectivity index (χ3v) is 8.32. The van der Waals surface area contributed by atoms with Crippen molar-refractivity contribution in [2.24, 2.45) is 0 Å². The van der Waals surface area contributed by atoms with Crippen LogP contribution in [0.15, 0.2) is 180 Å². The van der Waals surface area contributed by atoms with Crippen molar-refractivity contribution in [3.63, 3.8) is 0 Å². The van der Waals surface area contributed by atoms with Crippen molar-refractivity contribution in [3.8, 4) is 67.5 Å². The number of nitrogens with zero attached hydrogens (tertiary/aromatic N) is 3. The number of benzene rings is 7. The number of furan rings is 1. The first-order valence-electron chi connectivity index (χ1n) is 20.1. The zero-order chi connectivity index (χ0) is 40.4. The largest absolute Gasteiger partial charge is 0.456 e. The smallest absolute Gasteiger partial charge is 0.164 e. The van der Waals surface area contributed by atoms with Crippen molar-refractivity contribution in [2.75, 3.05) is 0 Å². The third kappa shape index (κ3) is 5.45. The predicted octanol–water partition coefficient (Wildman–Crippen LogP) is 11.8. The summed E-state index contributed by atoms with van der Waals surface area (Å²) in [6.07, 6.45) is 0. The minimum atomic E-state index is -0.651. The molecule has 0 atom stereocenters. The average Bonchev–Trinajstić information content (AvgIpc) is 3.65. The highest BCUT2D eigenvalue weighted by Crippen LogP contribution is 2.38. The number of fused-ring (bicyclic) bond motifs is 3. The molecule has 9 aromatic rings. The maximum absolute atomic E-state index is 9.15. The van der Waals surface area contributed by atoms with Gasteiger partial charge in [0.1, 0.15) is 11.2 Å². The first-order chi connectivity index (χ1) is 28.0. The predicted molar refractivity (Wildman–Crippen MR) is 200 cm³/mol. The van der Waals surface area contributed by atoms with Crippen LogP contribution in [0.1, 0.15) is 12.3 Å². The van der Waals surface area contributed by atoms with Gasteiger partial charge in [0.2, 0.25) is 0 Å². The second-order valence-electron chi connectivity index (χ2n) is 11.4. The fourth-order valence-electron chi connectivity index (χ4n) is 5.95. The van der Waals surface area contributed by atoms with E-state index >= 15 is 0 Å². The number of hydrogen-bond donors (Lipinski definition) is 0. The SMILES string of the molecule is [2H]c1c([2H])c([2H])c(-c2c([2H])c([2H])c(-c3nc(-c4ccc(-c5ccccc5)cc4)nc(-c4cccc(-c5cccc6oc7ccccc7c56)c4)n3)c([2H])c2[2H])c([2H])c1[2H]. The zero-order valence-electron chi connectivity index (χ0n) is 34.8. The van der Waals surface area contributed by atoms with Crippen LogP contribution in [-0.4, -0.2) is 15.0 Å². The van der Waals surface area contributed by atoms with E-state index in [9.17, 15) is 0 Å². The Labute approximate surface area is 296 Å². The Morgan fingerprint density at radius 2 is 0.939 bits per heavy atom. The van der Waals surface area contributed by atoms with Crippen molar-refractivity contribution in [1.82, 2.24) is 15.0 Å². The van der Waals surface area contributed by atoms with Crippen LogP contribution in [0.4, 0.5) is 0 Å². The van der Waals surface area contributed by atoms with E-state index in [0.29, 0.717) is 11.1 Å². The molecule has 7 aromatic carbocycles. The van der Waals surface area contributed by atoms with Gasteiger partial charge in [-0.3, -0.25) is 0 Å². The molecule has 0 fully saturated rings. The second-order valence-corrected chi connectivity index (χ2v) is 11.4. The molecule has 0 saturated heterocycles. The maximum atomic E-state index is 9.15. The Kier molecular flexibility index (Phi) is 5.11. The third-order valence-electron chi connectivity index (χ3n) is 8.32. The topological polar surface area (TPSA) is 51.8 Å². The average molecular weight is 637 g/mol. The van der Waals surface area contributed by atoms with E-state index in [4.69, 9.17) is 31.7 Å². The summed E-state index contributed by atoms with van der Waals surface area (Å²) >= 11 is 0. The molecule has 2 heterocycles. The zero-order valence-corrected chi connectivity index (χ0v) is 25.8. The van der Waals surface area contributed by atoms with Crippen molar-refractivity contribution < 1.29 is 16.8 Å². The van der Waals surface area contributed by atoms with E-state index in [1.54, 1.807) is 0 Å². The Morgan fingerprint density at radius 3 is 1.73 bits per heavy atom. The molecule has 0 aliphatic carbocycles. The van der Waals surface area contributed by atoms with E-state index < -0.39 is 65.5 Å². The molecule has 0 N–H and O–H groups in total. The summed E-state index contributed by atoms with van der Waals surface area (Å²) in [6.45, 7) is 0. The summed E-state index contributed by atoms with van der Waals surface area (Å²) < 4.78 is 83.8. The van der Waals surface area contributed by atoms with Gasteiger partial charge in [0.05, 0.1) is 12.3 Å². The molecule has 2 aromatic heterocycles. The van der Waals surface area contributed by atoms with E-state index in [2.05, 4.69) is 0 Å². The van der Waals surface area contributed by atoms with Crippen LogP contribution in [0.2, 0.25) is 0 Å². The second kappa shape index (κ2) is 12.2. The van der Waals surface area contributed by atoms with Crippen LogP contribution in [-0.2, 0) is 0 Å².